The van der Waals surface area contributed by atoms with Gasteiger partial charge in [-0.05, 0) is 34.5 Å². The minimum atomic E-state index is 0.0264. The van der Waals surface area contributed by atoms with Crippen LogP contribution in [0.2, 0.25) is 0 Å². The summed E-state index contributed by atoms with van der Waals surface area (Å²) < 4.78 is 0. The van der Waals surface area contributed by atoms with Crippen molar-refractivity contribution in [3.63, 3.8) is 0 Å². The van der Waals surface area contributed by atoms with E-state index < -0.39 is 0 Å². The number of benzene rings is 3. The minimum Gasteiger partial charge on any atom is -0.378 e. The van der Waals surface area contributed by atoms with Crippen LogP contribution in [0.25, 0.3) is 16.8 Å². The fraction of sp³-hybridized carbons (Fsp3) is 0.0952. The molecule has 0 radical (unpaired) electrons. The summed E-state index contributed by atoms with van der Waals surface area (Å²) in [7, 11) is 4.02. The maximum absolute atomic E-state index is 12.5. The summed E-state index contributed by atoms with van der Waals surface area (Å²) in [5.74, 6) is 0.0264. The molecule has 23 heavy (non-hydrogen) atoms. The lowest BCUT2D eigenvalue weighted by Crippen LogP contribution is -2.07. The molecule has 0 fully saturated rings. The van der Waals surface area contributed by atoms with Gasteiger partial charge in [0.25, 0.3) is 0 Å². The van der Waals surface area contributed by atoms with E-state index in [-0.39, 0.29) is 5.78 Å². The second-order valence-corrected chi connectivity index (χ2v) is 5.71. The van der Waals surface area contributed by atoms with Crippen molar-refractivity contribution in [1.29, 1.82) is 0 Å². The zero-order valence-electron chi connectivity index (χ0n) is 13.4. The fourth-order valence-electron chi connectivity index (χ4n) is 2.59. The van der Waals surface area contributed by atoms with Crippen molar-refractivity contribution in [2.24, 2.45) is 0 Å². The Balaban J connectivity index is 1.85. The summed E-state index contributed by atoms with van der Waals surface area (Å²) >= 11 is 0. The van der Waals surface area contributed by atoms with Gasteiger partial charge in [-0.15, -0.1) is 0 Å². The number of fused-ring (bicyclic) bond motifs is 1. The lowest BCUT2D eigenvalue weighted by molar-refractivity contribution is 0.104. The van der Waals surface area contributed by atoms with E-state index in [4.69, 9.17) is 0 Å². The Bertz CT molecular complexity index is 855. The summed E-state index contributed by atoms with van der Waals surface area (Å²) in [6.07, 6.45) is 3.51. The Morgan fingerprint density at radius 3 is 2.30 bits per heavy atom. The van der Waals surface area contributed by atoms with Gasteiger partial charge in [0.15, 0.2) is 5.78 Å². The van der Waals surface area contributed by atoms with E-state index in [2.05, 4.69) is 4.90 Å². The predicted molar refractivity (Wildman–Crippen MR) is 98.1 cm³/mol. The number of allylic oxidation sites excluding steroid dienone is 1. The Kier molecular flexibility index (Phi) is 4.24. The molecule has 114 valence electrons. The molecule has 0 aliphatic carbocycles. The van der Waals surface area contributed by atoms with E-state index in [0.717, 1.165) is 27.6 Å². The maximum Gasteiger partial charge on any atom is 0.186 e. The second-order valence-electron chi connectivity index (χ2n) is 5.71. The van der Waals surface area contributed by atoms with Crippen LogP contribution in [-0.2, 0) is 0 Å². The van der Waals surface area contributed by atoms with Crippen LogP contribution in [0, 0.1) is 0 Å². The molecule has 2 heteroatoms. The lowest BCUT2D eigenvalue weighted by Gasteiger charge is -2.11. The second kappa shape index (κ2) is 6.49. The van der Waals surface area contributed by atoms with Crippen molar-refractivity contribution < 1.29 is 4.79 Å². The summed E-state index contributed by atoms with van der Waals surface area (Å²) in [5, 5.41) is 2.08. The number of rotatable bonds is 4. The van der Waals surface area contributed by atoms with E-state index in [1.54, 1.807) is 6.08 Å². The van der Waals surface area contributed by atoms with Gasteiger partial charge in [0.05, 0.1) is 0 Å². The molecule has 0 aliphatic heterocycles. The number of anilines is 1. The SMILES string of the molecule is CN(C)c1ccc(C=CC(=O)c2cccc3ccccc23)cc1. The normalized spacial score (nSPS) is 11.0. The van der Waals surface area contributed by atoms with Gasteiger partial charge in [-0.3, -0.25) is 4.79 Å². The number of hydrogen-bond acceptors (Lipinski definition) is 2. The zero-order valence-corrected chi connectivity index (χ0v) is 13.4. The third kappa shape index (κ3) is 3.32. The van der Waals surface area contributed by atoms with Crippen LogP contribution in [0.5, 0.6) is 0 Å². The molecule has 0 saturated heterocycles. The Labute approximate surface area is 136 Å². The molecular formula is C21H19NO. The van der Waals surface area contributed by atoms with Crippen LogP contribution in [0.15, 0.2) is 72.8 Å². The molecule has 0 atom stereocenters. The van der Waals surface area contributed by atoms with Crippen molar-refractivity contribution in [2.75, 3.05) is 19.0 Å². The van der Waals surface area contributed by atoms with Crippen molar-refractivity contribution in [1.82, 2.24) is 0 Å². The van der Waals surface area contributed by atoms with Gasteiger partial charge in [-0.2, -0.15) is 0 Å². The highest BCUT2D eigenvalue weighted by molar-refractivity contribution is 6.14. The molecule has 0 aliphatic rings. The van der Waals surface area contributed by atoms with Gasteiger partial charge in [0.1, 0.15) is 0 Å². The van der Waals surface area contributed by atoms with Crippen molar-refractivity contribution in [3.8, 4) is 0 Å². The van der Waals surface area contributed by atoms with E-state index >= 15 is 0 Å². The van der Waals surface area contributed by atoms with Gasteiger partial charge in [0.2, 0.25) is 0 Å². The first-order valence-electron chi connectivity index (χ1n) is 7.63. The van der Waals surface area contributed by atoms with Gasteiger partial charge < -0.3 is 4.90 Å². The minimum absolute atomic E-state index is 0.0264. The highest BCUT2D eigenvalue weighted by atomic mass is 16.1. The average molecular weight is 301 g/mol. The van der Waals surface area contributed by atoms with E-state index in [1.807, 2.05) is 86.9 Å². The van der Waals surface area contributed by atoms with Crippen molar-refractivity contribution >= 4 is 28.3 Å². The quantitative estimate of drug-likeness (QED) is 0.509. The molecule has 0 spiro atoms. The first kappa shape index (κ1) is 15.0. The van der Waals surface area contributed by atoms with Gasteiger partial charge in [0, 0.05) is 25.3 Å². The highest BCUT2D eigenvalue weighted by Crippen LogP contribution is 2.20. The molecule has 0 bridgehead atoms. The topological polar surface area (TPSA) is 20.3 Å². The predicted octanol–water partition coefficient (Wildman–Crippen LogP) is 4.80. The van der Waals surface area contributed by atoms with Crippen LogP contribution in [0.3, 0.4) is 0 Å². The smallest absolute Gasteiger partial charge is 0.186 e. The number of nitrogens with zero attached hydrogens (tertiary/aromatic N) is 1. The number of hydrogen-bond donors (Lipinski definition) is 0. The molecular weight excluding hydrogens is 282 g/mol. The first-order valence-corrected chi connectivity index (χ1v) is 7.63. The number of carbonyl (C=O) groups excluding carboxylic acids is 1. The van der Waals surface area contributed by atoms with E-state index in [9.17, 15) is 4.79 Å². The lowest BCUT2D eigenvalue weighted by atomic mass is 10.0. The molecule has 3 rings (SSSR count). The summed E-state index contributed by atoms with van der Waals surface area (Å²) in [6, 6.07) is 21.9. The fourth-order valence-corrected chi connectivity index (χ4v) is 2.59. The van der Waals surface area contributed by atoms with Crippen molar-refractivity contribution in [3.05, 3.63) is 83.9 Å². The zero-order chi connectivity index (χ0) is 16.2. The molecule has 0 heterocycles. The van der Waals surface area contributed by atoms with E-state index in [0.29, 0.717) is 0 Å². The monoisotopic (exact) mass is 301 g/mol. The van der Waals surface area contributed by atoms with Crippen molar-refractivity contribution in [2.45, 2.75) is 0 Å². The largest absolute Gasteiger partial charge is 0.378 e. The summed E-state index contributed by atoms with van der Waals surface area (Å²) in [6.45, 7) is 0. The van der Waals surface area contributed by atoms with Gasteiger partial charge >= 0.3 is 0 Å². The third-order valence-electron chi connectivity index (χ3n) is 3.89. The number of ketones is 1. The average Bonchev–Trinajstić information content (AvgIpc) is 2.59. The van der Waals surface area contributed by atoms with E-state index in [1.165, 1.54) is 0 Å². The van der Waals surface area contributed by atoms with Crippen LogP contribution in [-0.4, -0.2) is 19.9 Å². The molecule has 0 unspecified atom stereocenters. The Hall–Kier alpha value is -2.87. The van der Waals surface area contributed by atoms with Crippen LogP contribution >= 0.6 is 0 Å². The molecule has 2 nitrogen and oxygen atoms in total. The first-order chi connectivity index (χ1) is 11.1. The number of carbonyl (C=O) groups is 1. The van der Waals surface area contributed by atoms with Gasteiger partial charge in [-0.25, -0.2) is 0 Å². The standard InChI is InChI=1S/C21H19NO/c1-22(2)18-13-10-16(11-14-18)12-15-21(23)20-9-5-7-17-6-3-4-8-19(17)20/h3-15H,1-2H3. The molecule has 0 aromatic heterocycles. The Morgan fingerprint density at radius 1 is 0.870 bits per heavy atom. The maximum atomic E-state index is 12.5. The molecule has 0 amide bonds. The molecule has 3 aromatic carbocycles. The van der Waals surface area contributed by atoms with Gasteiger partial charge in [-0.1, -0.05) is 60.7 Å². The summed E-state index contributed by atoms with van der Waals surface area (Å²) in [4.78, 5) is 14.6. The van der Waals surface area contributed by atoms with Crippen LogP contribution in [0.1, 0.15) is 15.9 Å². The van der Waals surface area contributed by atoms with Crippen LogP contribution < -0.4 is 4.90 Å². The summed E-state index contributed by atoms with van der Waals surface area (Å²) in [5.41, 5.74) is 2.90. The third-order valence-corrected chi connectivity index (χ3v) is 3.89. The molecule has 3 aromatic rings. The molecule has 0 N–H and O–H groups in total. The highest BCUT2D eigenvalue weighted by Gasteiger charge is 2.06. The molecule has 0 saturated carbocycles. The van der Waals surface area contributed by atoms with Crippen LogP contribution in [0.4, 0.5) is 5.69 Å². The Morgan fingerprint density at radius 2 is 1.57 bits per heavy atom.